The fourth-order valence-electron chi connectivity index (χ4n) is 3.59. The van der Waals surface area contributed by atoms with Gasteiger partial charge in [-0.15, -0.1) is 11.3 Å². The van der Waals surface area contributed by atoms with Crippen molar-refractivity contribution >= 4 is 68.3 Å². The number of anilines is 1. The Kier molecular flexibility index (Phi) is 6.72. The molecule has 176 valence electrons. The number of thiazole rings is 1. The number of benzene rings is 3. The number of hydrogen-bond donors (Lipinski definition) is 1. The first-order valence-electron chi connectivity index (χ1n) is 10.7. The summed E-state index contributed by atoms with van der Waals surface area (Å²) in [5.41, 5.74) is 2.06. The van der Waals surface area contributed by atoms with Gasteiger partial charge in [0.25, 0.3) is 11.8 Å². The Balaban J connectivity index is 1.16. The molecular formula is C25H18ClN3O4S2. The van der Waals surface area contributed by atoms with Crippen molar-refractivity contribution in [3.05, 3.63) is 82.9 Å². The number of hydrogen-bond acceptors (Lipinski definition) is 7. The highest BCUT2D eigenvalue weighted by Crippen LogP contribution is 2.34. The summed E-state index contributed by atoms with van der Waals surface area (Å²) >= 11 is 8.59. The van der Waals surface area contributed by atoms with Crippen molar-refractivity contribution in [1.82, 2.24) is 10.3 Å². The number of nitrogens with zero attached hydrogens (tertiary/aromatic N) is 2. The van der Waals surface area contributed by atoms with Crippen LogP contribution in [0, 0.1) is 0 Å². The minimum Gasteiger partial charge on any atom is -0.492 e. The minimum atomic E-state index is -0.333. The van der Waals surface area contributed by atoms with E-state index < -0.39 is 0 Å². The lowest BCUT2D eigenvalue weighted by molar-refractivity contribution is -0.118. The summed E-state index contributed by atoms with van der Waals surface area (Å²) < 4.78 is 7.12. The van der Waals surface area contributed by atoms with Gasteiger partial charge in [0.1, 0.15) is 12.4 Å². The van der Waals surface area contributed by atoms with E-state index in [0.29, 0.717) is 40.7 Å². The first-order chi connectivity index (χ1) is 17.0. The van der Waals surface area contributed by atoms with E-state index in [9.17, 15) is 14.4 Å². The molecule has 0 spiro atoms. The molecule has 0 radical (unpaired) electrons. The molecule has 0 saturated heterocycles. The summed E-state index contributed by atoms with van der Waals surface area (Å²) in [6.07, 6.45) is 0. The molecule has 0 fully saturated rings. The van der Waals surface area contributed by atoms with Crippen LogP contribution in [-0.2, 0) is 4.79 Å². The second kappa shape index (κ2) is 10.1. The van der Waals surface area contributed by atoms with Crippen LogP contribution >= 0.6 is 34.7 Å². The molecule has 1 N–H and O–H groups in total. The summed E-state index contributed by atoms with van der Waals surface area (Å²) in [7, 11) is 0. The molecule has 2 heterocycles. The summed E-state index contributed by atoms with van der Waals surface area (Å²) in [5.74, 6) is 0.113. The van der Waals surface area contributed by atoms with E-state index in [1.807, 2.05) is 0 Å². The lowest BCUT2D eigenvalue weighted by atomic mass is 10.1. The molecule has 3 aromatic carbocycles. The first-order valence-corrected chi connectivity index (χ1v) is 12.8. The molecule has 3 amide bonds. The normalized spacial score (nSPS) is 12.8. The first kappa shape index (κ1) is 23.3. The molecule has 0 saturated carbocycles. The van der Waals surface area contributed by atoms with E-state index in [4.69, 9.17) is 16.3 Å². The van der Waals surface area contributed by atoms with E-state index >= 15 is 0 Å². The second-order valence-corrected chi connectivity index (χ2v) is 10.3. The van der Waals surface area contributed by atoms with Gasteiger partial charge in [-0.1, -0.05) is 35.5 Å². The lowest BCUT2D eigenvalue weighted by Crippen LogP contribution is -2.29. The number of thioether (sulfide) groups is 1. The molecule has 1 aliphatic heterocycles. The number of halogens is 1. The van der Waals surface area contributed by atoms with Gasteiger partial charge >= 0.3 is 0 Å². The van der Waals surface area contributed by atoms with Crippen LogP contribution in [0.15, 0.2) is 71.1 Å². The Hall–Kier alpha value is -3.40. The molecule has 1 aliphatic rings. The van der Waals surface area contributed by atoms with Gasteiger partial charge in [-0.25, -0.2) is 9.88 Å². The predicted molar refractivity (Wildman–Crippen MR) is 138 cm³/mol. The Labute approximate surface area is 214 Å². The molecule has 7 nitrogen and oxygen atoms in total. The molecule has 0 bridgehead atoms. The molecule has 4 aromatic rings. The highest BCUT2D eigenvalue weighted by atomic mass is 35.5. The van der Waals surface area contributed by atoms with E-state index in [0.717, 1.165) is 14.6 Å². The van der Waals surface area contributed by atoms with Crippen LogP contribution in [-0.4, -0.2) is 41.6 Å². The lowest BCUT2D eigenvalue weighted by Gasteiger charge is -2.13. The van der Waals surface area contributed by atoms with Gasteiger partial charge in [-0.05, 0) is 54.6 Å². The van der Waals surface area contributed by atoms with Gasteiger partial charge < -0.3 is 10.1 Å². The average molecular weight is 524 g/mol. The average Bonchev–Trinajstić information content (AvgIpc) is 3.39. The fourth-order valence-corrected chi connectivity index (χ4v) is 5.64. The Bertz CT molecular complexity index is 1400. The van der Waals surface area contributed by atoms with Crippen LogP contribution in [0.1, 0.15) is 20.7 Å². The molecule has 5 rings (SSSR count). The maximum atomic E-state index is 12.8. The van der Waals surface area contributed by atoms with Gasteiger partial charge in [0, 0.05) is 5.02 Å². The molecular weight excluding hydrogens is 506 g/mol. The van der Waals surface area contributed by atoms with Crippen molar-refractivity contribution < 1.29 is 19.1 Å². The number of ether oxygens (including phenoxy) is 1. The number of carbonyl (C=O) groups is 3. The molecule has 35 heavy (non-hydrogen) atoms. The number of carbonyl (C=O) groups excluding carboxylic acids is 3. The summed E-state index contributed by atoms with van der Waals surface area (Å²) in [6, 6.07) is 19.1. The van der Waals surface area contributed by atoms with Crippen LogP contribution < -0.4 is 15.0 Å². The maximum Gasteiger partial charge on any atom is 0.266 e. The molecule has 0 aliphatic carbocycles. The quantitative estimate of drug-likeness (QED) is 0.198. The van der Waals surface area contributed by atoms with Crippen LogP contribution in [0.3, 0.4) is 0 Å². The number of aromatic nitrogens is 1. The number of nitrogens with one attached hydrogen (secondary N) is 1. The summed E-state index contributed by atoms with van der Waals surface area (Å²) in [5, 5.41) is 3.45. The zero-order valence-corrected chi connectivity index (χ0v) is 20.6. The fraction of sp³-hybridized carbons (Fsp3) is 0.120. The monoisotopic (exact) mass is 523 g/mol. The zero-order valence-electron chi connectivity index (χ0n) is 18.2. The summed E-state index contributed by atoms with van der Waals surface area (Å²) in [4.78, 5) is 43.4. The van der Waals surface area contributed by atoms with Gasteiger partial charge in [0.05, 0.1) is 39.3 Å². The molecule has 0 unspecified atom stereocenters. The Morgan fingerprint density at radius 3 is 2.46 bits per heavy atom. The number of amides is 3. The molecule has 1 aromatic heterocycles. The van der Waals surface area contributed by atoms with Gasteiger partial charge in [-0.3, -0.25) is 14.4 Å². The van der Waals surface area contributed by atoms with E-state index in [1.54, 1.807) is 66.7 Å². The third-order valence-corrected chi connectivity index (χ3v) is 7.65. The van der Waals surface area contributed by atoms with Crippen molar-refractivity contribution in [2.24, 2.45) is 0 Å². The van der Waals surface area contributed by atoms with Crippen molar-refractivity contribution in [2.75, 3.05) is 23.8 Å². The van der Waals surface area contributed by atoms with Crippen molar-refractivity contribution in [1.29, 1.82) is 0 Å². The van der Waals surface area contributed by atoms with Crippen LogP contribution in [0.4, 0.5) is 5.69 Å². The van der Waals surface area contributed by atoms with E-state index in [1.165, 1.54) is 28.0 Å². The summed E-state index contributed by atoms with van der Waals surface area (Å²) in [6.45, 7) is 0.727. The highest BCUT2D eigenvalue weighted by Gasteiger charge is 2.36. The minimum absolute atomic E-state index is 0.124. The predicted octanol–water partition coefficient (Wildman–Crippen LogP) is 5.04. The topological polar surface area (TPSA) is 88.6 Å². The van der Waals surface area contributed by atoms with Crippen LogP contribution in [0.2, 0.25) is 5.02 Å². The standard InChI is InChI=1S/C25H18ClN3O4S2/c26-15-5-8-17(9-6-15)33-12-11-27-22(30)14-34-25-28-20-10-7-16(13-21(20)35-25)29-23(31)18-3-1-2-4-19(18)24(29)32/h1-10,13H,11-12,14H2,(H,27,30). The van der Waals surface area contributed by atoms with Crippen molar-refractivity contribution in [2.45, 2.75) is 4.34 Å². The van der Waals surface area contributed by atoms with E-state index in [2.05, 4.69) is 10.3 Å². The largest absolute Gasteiger partial charge is 0.492 e. The Morgan fingerprint density at radius 1 is 1.03 bits per heavy atom. The third-order valence-electron chi connectivity index (χ3n) is 5.24. The molecule has 10 heteroatoms. The van der Waals surface area contributed by atoms with Crippen LogP contribution in [0.5, 0.6) is 5.75 Å². The van der Waals surface area contributed by atoms with Gasteiger partial charge in [-0.2, -0.15) is 0 Å². The van der Waals surface area contributed by atoms with E-state index in [-0.39, 0.29) is 23.5 Å². The molecule has 0 atom stereocenters. The smallest absolute Gasteiger partial charge is 0.266 e. The second-order valence-electron chi connectivity index (χ2n) is 7.56. The SMILES string of the molecule is O=C(CSc1nc2ccc(N3C(=O)c4ccccc4C3=O)cc2s1)NCCOc1ccc(Cl)cc1. The van der Waals surface area contributed by atoms with Crippen LogP contribution in [0.25, 0.3) is 10.2 Å². The zero-order chi connectivity index (χ0) is 24.4. The third kappa shape index (κ3) is 5.02. The highest BCUT2D eigenvalue weighted by molar-refractivity contribution is 8.01. The van der Waals surface area contributed by atoms with Crippen molar-refractivity contribution in [3.63, 3.8) is 0 Å². The Morgan fingerprint density at radius 2 is 1.74 bits per heavy atom. The van der Waals surface area contributed by atoms with Crippen molar-refractivity contribution in [3.8, 4) is 5.75 Å². The number of fused-ring (bicyclic) bond motifs is 2. The van der Waals surface area contributed by atoms with Gasteiger partial charge in [0.2, 0.25) is 5.91 Å². The van der Waals surface area contributed by atoms with Gasteiger partial charge in [0.15, 0.2) is 4.34 Å². The number of imide groups is 1. The maximum absolute atomic E-state index is 12.8. The number of rotatable bonds is 8.